The topological polar surface area (TPSA) is 24.4 Å². The molecule has 1 rings (SSSR count). The van der Waals surface area contributed by atoms with Crippen molar-refractivity contribution in [2.45, 2.75) is 13.3 Å². The van der Waals surface area contributed by atoms with Crippen molar-refractivity contribution in [3.8, 4) is 0 Å². The Hall–Kier alpha value is 0.450. The molecule has 0 aromatic heterocycles. The average molecular weight is 282 g/mol. The zero-order valence-corrected chi connectivity index (χ0v) is 9.45. The summed E-state index contributed by atoms with van der Waals surface area (Å²) in [4.78, 5) is 5.46. The first-order valence-corrected chi connectivity index (χ1v) is 5.05. The van der Waals surface area contributed by atoms with Gasteiger partial charge in [-0.1, -0.05) is 0 Å². The number of thiol groups is 1. The van der Waals surface area contributed by atoms with Gasteiger partial charge in [0, 0.05) is 24.4 Å². The Morgan fingerprint density at radius 2 is 2.45 bits per heavy atom. The fourth-order valence-corrected chi connectivity index (χ4v) is 1.53. The van der Waals surface area contributed by atoms with E-state index >= 15 is 0 Å². The summed E-state index contributed by atoms with van der Waals surface area (Å²) in [6.45, 7) is 3.88. The summed E-state index contributed by atoms with van der Waals surface area (Å²) >= 11 is 6.55. The number of aliphatic imine (C=N–C) groups is 1. The monoisotopic (exact) mass is 282 g/mol. The van der Waals surface area contributed by atoms with Crippen LogP contribution in [-0.4, -0.2) is 16.8 Å². The van der Waals surface area contributed by atoms with Crippen molar-refractivity contribution < 1.29 is 0 Å². The molecule has 0 unspecified atom stereocenters. The van der Waals surface area contributed by atoms with Crippen LogP contribution in [0.5, 0.6) is 0 Å². The molecular weight excluding hydrogens is 271 g/mol. The van der Waals surface area contributed by atoms with E-state index in [1.54, 1.807) is 0 Å². The zero-order chi connectivity index (χ0) is 8.27. The third-order valence-corrected chi connectivity index (χ3v) is 2.11. The Bertz CT molecular complexity index is 206. The fraction of sp³-hybridized carbons (Fsp3) is 0.571. The van der Waals surface area contributed by atoms with E-state index in [9.17, 15) is 0 Å². The predicted molar refractivity (Wildman–Crippen MR) is 60.6 cm³/mol. The zero-order valence-electron chi connectivity index (χ0n) is 6.39. The number of rotatable bonds is 1. The van der Waals surface area contributed by atoms with Crippen molar-refractivity contribution in [3.05, 3.63) is 10.6 Å². The molecule has 1 N–H and O–H groups in total. The second-order valence-corrected chi connectivity index (χ2v) is 4.53. The lowest BCUT2D eigenvalue weighted by Crippen LogP contribution is -2.22. The molecule has 0 saturated carbocycles. The van der Waals surface area contributed by atoms with Crippen LogP contribution in [0.3, 0.4) is 0 Å². The molecule has 0 bridgehead atoms. The summed E-state index contributed by atoms with van der Waals surface area (Å²) in [5.41, 5.74) is 1.14. The smallest absolute Gasteiger partial charge is 0.0756 e. The van der Waals surface area contributed by atoms with Gasteiger partial charge in [-0.2, -0.15) is 0 Å². The van der Waals surface area contributed by atoms with Gasteiger partial charge in [0.2, 0.25) is 0 Å². The van der Waals surface area contributed by atoms with Crippen molar-refractivity contribution in [1.82, 2.24) is 5.32 Å². The molecule has 0 aliphatic carbocycles. The van der Waals surface area contributed by atoms with Crippen molar-refractivity contribution >= 4 is 38.9 Å². The average Bonchev–Trinajstić information content (AvgIpc) is 1.93. The minimum atomic E-state index is 0.867. The van der Waals surface area contributed by atoms with E-state index in [-0.39, 0.29) is 0 Å². The Kier molecular flexibility index (Phi) is 3.88. The summed E-state index contributed by atoms with van der Waals surface area (Å²) in [5, 5.41) is 3.23. The van der Waals surface area contributed by atoms with Crippen LogP contribution < -0.4 is 5.32 Å². The molecule has 1 aliphatic heterocycles. The van der Waals surface area contributed by atoms with Gasteiger partial charge in [-0.3, -0.25) is 4.99 Å². The first kappa shape index (κ1) is 9.54. The van der Waals surface area contributed by atoms with Gasteiger partial charge < -0.3 is 5.32 Å². The molecule has 2 nitrogen and oxygen atoms in total. The first-order chi connectivity index (χ1) is 5.20. The molecule has 0 fully saturated rings. The number of hydrogen-bond donors (Lipinski definition) is 2. The van der Waals surface area contributed by atoms with Crippen LogP contribution in [0.2, 0.25) is 0 Å². The lowest BCUT2D eigenvalue weighted by Gasteiger charge is -2.14. The van der Waals surface area contributed by atoms with E-state index in [4.69, 9.17) is 0 Å². The van der Waals surface area contributed by atoms with E-state index in [0.29, 0.717) is 0 Å². The highest BCUT2D eigenvalue weighted by atomic mass is 127. The molecule has 1 heterocycles. The van der Waals surface area contributed by atoms with Crippen molar-refractivity contribution in [1.29, 1.82) is 0 Å². The maximum Gasteiger partial charge on any atom is 0.0756 e. The molecule has 0 aromatic carbocycles. The largest absolute Gasteiger partial charge is 0.312 e. The normalized spacial score (nSPS) is 20.8. The van der Waals surface area contributed by atoms with Gasteiger partial charge in [0.1, 0.15) is 0 Å². The van der Waals surface area contributed by atoms with E-state index in [1.807, 2.05) is 6.92 Å². The lowest BCUT2D eigenvalue weighted by atomic mass is 10.2. The highest BCUT2D eigenvalue weighted by Crippen LogP contribution is 2.17. The molecule has 0 atom stereocenters. The van der Waals surface area contributed by atoms with E-state index in [2.05, 4.69) is 45.5 Å². The quantitative estimate of drug-likeness (QED) is 0.429. The molecule has 0 radical (unpaired) electrons. The second kappa shape index (κ2) is 4.47. The Morgan fingerprint density at radius 3 is 3.00 bits per heavy atom. The van der Waals surface area contributed by atoms with Crippen molar-refractivity contribution in [2.24, 2.45) is 4.99 Å². The first-order valence-electron chi connectivity index (χ1n) is 3.52. The highest BCUT2D eigenvalue weighted by Gasteiger charge is 2.07. The fourth-order valence-electron chi connectivity index (χ4n) is 0.966. The van der Waals surface area contributed by atoms with Crippen LogP contribution in [0.4, 0.5) is 0 Å². The number of halogens is 1. The Morgan fingerprint density at radius 1 is 1.73 bits per heavy atom. The third kappa shape index (κ3) is 3.13. The van der Waals surface area contributed by atoms with Gasteiger partial charge in [-0.15, -0.1) is 12.6 Å². The molecule has 62 valence electrons. The summed E-state index contributed by atoms with van der Waals surface area (Å²) in [5.74, 6) is 0. The Labute approximate surface area is 86.1 Å². The van der Waals surface area contributed by atoms with Crippen LogP contribution in [-0.2, 0) is 0 Å². The lowest BCUT2D eigenvalue weighted by molar-refractivity contribution is 0.693. The maximum absolute atomic E-state index is 4.38. The minimum Gasteiger partial charge on any atom is -0.312 e. The Balaban J connectivity index is 2.75. The SMILES string of the molecule is C/C(I)=N/C1=C(S)CNCC1. The van der Waals surface area contributed by atoms with Gasteiger partial charge in [-0.25, -0.2) is 0 Å². The summed E-state index contributed by atoms with van der Waals surface area (Å²) in [6, 6.07) is 0. The standard InChI is InChI=1S/C7H11IN2S/c1-5(8)10-6-2-3-9-4-7(6)11/h9,11H,2-4H2,1H3/b10-5-. The van der Waals surface area contributed by atoms with Gasteiger partial charge in [0.25, 0.3) is 0 Å². The van der Waals surface area contributed by atoms with Gasteiger partial charge in [-0.05, 0) is 29.5 Å². The van der Waals surface area contributed by atoms with E-state index in [0.717, 1.165) is 33.8 Å². The third-order valence-electron chi connectivity index (χ3n) is 1.45. The number of hydrogen-bond acceptors (Lipinski definition) is 3. The molecule has 0 spiro atoms. The number of nitrogens with one attached hydrogen (secondary N) is 1. The summed E-state index contributed by atoms with van der Waals surface area (Å²) in [6.07, 6.45) is 0.999. The predicted octanol–water partition coefficient (Wildman–Crippen LogP) is 1.97. The molecular formula is C7H11IN2S. The maximum atomic E-state index is 4.38. The van der Waals surface area contributed by atoms with Crippen LogP contribution in [0.15, 0.2) is 15.6 Å². The molecule has 4 heteroatoms. The summed E-state index contributed by atoms with van der Waals surface area (Å²) < 4.78 is 1.08. The van der Waals surface area contributed by atoms with Crippen LogP contribution in [0, 0.1) is 0 Å². The highest BCUT2D eigenvalue weighted by molar-refractivity contribution is 14.1. The van der Waals surface area contributed by atoms with Crippen molar-refractivity contribution in [3.63, 3.8) is 0 Å². The minimum absolute atomic E-state index is 0.867. The van der Waals surface area contributed by atoms with Crippen LogP contribution in [0.1, 0.15) is 13.3 Å². The second-order valence-electron chi connectivity index (χ2n) is 2.43. The molecule has 0 saturated heterocycles. The summed E-state index contributed by atoms with van der Waals surface area (Å²) in [7, 11) is 0. The van der Waals surface area contributed by atoms with Gasteiger partial charge in [0.05, 0.1) is 9.42 Å². The molecule has 11 heavy (non-hydrogen) atoms. The molecule has 0 amide bonds. The number of nitrogens with zero attached hydrogens (tertiary/aromatic N) is 1. The molecule has 0 aromatic rings. The van der Waals surface area contributed by atoms with Gasteiger partial charge in [0.15, 0.2) is 0 Å². The van der Waals surface area contributed by atoms with Crippen LogP contribution >= 0.6 is 35.2 Å². The van der Waals surface area contributed by atoms with Crippen molar-refractivity contribution in [2.75, 3.05) is 13.1 Å². The van der Waals surface area contributed by atoms with E-state index < -0.39 is 0 Å². The van der Waals surface area contributed by atoms with Gasteiger partial charge >= 0.3 is 0 Å². The molecule has 1 aliphatic rings. The van der Waals surface area contributed by atoms with Crippen LogP contribution in [0.25, 0.3) is 0 Å². The van der Waals surface area contributed by atoms with E-state index in [1.165, 1.54) is 0 Å².